The molecule has 1 heterocycles. The van der Waals surface area contributed by atoms with E-state index in [0.29, 0.717) is 54.0 Å². The Labute approximate surface area is 202 Å². The maximum absolute atomic E-state index is 13.2. The minimum Gasteiger partial charge on any atom is -0.486 e. The average molecular weight is 480 g/mol. The average Bonchev–Trinajstić information content (AvgIpc) is 3.55. The van der Waals surface area contributed by atoms with E-state index in [2.05, 4.69) is 12.2 Å². The molecule has 4 N–H and O–H groups in total. The molecule has 1 amide bonds. The molecular weight excluding hydrogens is 446 g/mol. The van der Waals surface area contributed by atoms with Crippen LogP contribution in [0.4, 0.5) is 11.4 Å². The zero-order valence-corrected chi connectivity index (χ0v) is 20.4. The van der Waals surface area contributed by atoms with Crippen molar-refractivity contribution in [2.24, 2.45) is 5.41 Å². The summed E-state index contributed by atoms with van der Waals surface area (Å²) in [6.07, 6.45) is 3.35. The number of nitrogens with one attached hydrogen (secondary N) is 2. The molecule has 0 atom stereocenters. The van der Waals surface area contributed by atoms with Crippen LogP contribution in [0.2, 0.25) is 0 Å². The van der Waals surface area contributed by atoms with Crippen molar-refractivity contribution in [1.29, 1.82) is 10.0 Å². The molecule has 1 aliphatic carbocycles. The van der Waals surface area contributed by atoms with Gasteiger partial charge in [0, 0.05) is 53.4 Å². The molecule has 8 heteroatoms. The molecule has 0 aromatic heterocycles. The molecule has 34 heavy (non-hydrogen) atoms. The van der Waals surface area contributed by atoms with Gasteiger partial charge in [-0.25, -0.2) is 4.61 Å². The fourth-order valence-corrected chi connectivity index (χ4v) is 6.44. The van der Waals surface area contributed by atoms with Gasteiger partial charge in [0.2, 0.25) is 5.76 Å². The lowest BCUT2D eigenvalue weighted by Gasteiger charge is -2.35. The van der Waals surface area contributed by atoms with Crippen molar-refractivity contribution in [2.75, 3.05) is 42.3 Å². The first-order chi connectivity index (χ1) is 16.3. The van der Waals surface area contributed by atoms with E-state index < -0.39 is 9.66 Å². The molecule has 180 valence electrons. The number of carbonyl (C=O) groups excluding carboxylic acids is 1. The molecule has 0 radical (unpaired) electrons. The number of hydrogen-bond donors (Lipinski definition) is 3. The van der Waals surface area contributed by atoms with E-state index in [4.69, 9.17) is 15.9 Å². The summed E-state index contributed by atoms with van der Waals surface area (Å²) in [5, 5.41) is 11.0. The van der Waals surface area contributed by atoms with Crippen LogP contribution in [-0.2, 0) is 15.3 Å². The highest BCUT2D eigenvalue weighted by Crippen LogP contribution is 2.45. The highest BCUT2D eigenvalue weighted by Gasteiger charge is 2.39. The molecule has 1 aliphatic heterocycles. The number of rotatable bonds is 8. The number of para-hydroxylation sites is 1. The van der Waals surface area contributed by atoms with Crippen LogP contribution in [0.15, 0.2) is 66.1 Å². The van der Waals surface area contributed by atoms with Crippen LogP contribution in [0.5, 0.6) is 0 Å². The maximum Gasteiger partial charge on any atom is 0.293 e. The zero-order valence-electron chi connectivity index (χ0n) is 19.6. The van der Waals surface area contributed by atoms with Gasteiger partial charge in [0.15, 0.2) is 0 Å². The first kappa shape index (κ1) is 23.9. The van der Waals surface area contributed by atoms with Crippen LogP contribution in [0.1, 0.15) is 25.3 Å². The standard InChI is InChI=1S/C26H33N5O2S/c1-26(10-11-26)19-33-24(25(32)30-22-8-3-2-4-9-22)23(17-27)31-12-14-34(29,15-13-31)18-20-6-5-7-21(28)16-20/h2-9,16-17,27H,10-15,18-19,28H2,1H3,(H,30,32)/b24-23-,27-17?. The number of nitrogen functional groups attached to an aromatic ring is 1. The SMILES string of the molecule is CC1(CO/C(C(=O)Nc2ccccc2)=C(/C=N)N2CCS(#N)(Cc3cccc(N)c3)CC2)CC1. The van der Waals surface area contributed by atoms with Crippen molar-refractivity contribution in [3.63, 3.8) is 0 Å². The van der Waals surface area contributed by atoms with E-state index in [1.54, 1.807) is 0 Å². The molecular formula is C26H33N5O2S. The number of nitrogens with zero attached hydrogens (tertiary/aromatic N) is 2. The number of anilines is 2. The highest BCUT2D eigenvalue weighted by molar-refractivity contribution is 8.21. The number of nitrogens with two attached hydrogens (primary N) is 1. The number of benzene rings is 2. The Balaban J connectivity index is 1.51. The minimum atomic E-state index is -1.84. The Bertz CT molecular complexity index is 1180. The van der Waals surface area contributed by atoms with E-state index in [-0.39, 0.29) is 17.1 Å². The molecule has 0 spiro atoms. The number of hydrogen-bond acceptors (Lipinski definition) is 6. The molecule has 0 bridgehead atoms. The molecule has 2 aromatic carbocycles. The second kappa shape index (κ2) is 9.95. The normalized spacial score (nSPS) is 19.0. The van der Waals surface area contributed by atoms with Gasteiger partial charge < -0.3 is 26.1 Å². The van der Waals surface area contributed by atoms with Crippen molar-refractivity contribution in [1.82, 2.24) is 4.90 Å². The highest BCUT2D eigenvalue weighted by atomic mass is 32.2. The first-order valence-corrected chi connectivity index (χ1v) is 13.7. The summed E-state index contributed by atoms with van der Waals surface area (Å²) in [7, 11) is -1.84. The van der Waals surface area contributed by atoms with E-state index in [9.17, 15) is 9.40 Å². The summed E-state index contributed by atoms with van der Waals surface area (Å²) < 4.78 is 17.4. The lowest BCUT2D eigenvalue weighted by atomic mass is 10.2. The van der Waals surface area contributed by atoms with Gasteiger partial charge in [0.1, 0.15) is 5.70 Å². The van der Waals surface area contributed by atoms with E-state index in [1.165, 1.54) is 6.21 Å². The van der Waals surface area contributed by atoms with Crippen molar-refractivity contribution >= 4 is 33.2 Å². The van der Waals surface area contributed by atoms with Crippen LogP contribution in [0, 0.1) is 15.4 Å². The lowest BCUT2D eigenvalue weighted by molar-refractivity contribution is -0.116. The Morgan fingerprint density at radius 1 is 1.21 bits per heavy atom. The number of amides is 1. The van der Waals surface area contributed by atoms with Crippen LogP contribution >= 0.6 is 9.66 Å². The van der Waals surface area contributed by atoms with Gasteiger partial charge in [-0.3, -0.25) is 4.79 Å². The van der Waals surface area contributed by atoms with Crippen molar-refractivity contribution in [3.05, 3.63) is 71.6 Å². The van der Waals surface area contributed by atoms with Crippen LogP contribution < -0.4 is 11.1 Å². The predicted octanol–water partition coefficient (Wildman–Crippen LogP) is 4.68. The fraction of sp³-hybridized carbons (Fsp3) is 0.385. The smallest absolute Gasteiger partial charge is 0.293 e. The quantitative estimate of drug-likeness (QED) is 0.220. The molecule has 2 aromatic rings. The molecule has 2 fully saturated rings. The third-order valence-corrected chi connectivity index (χ3v) is 9.24. The summed E-state index contributed by atoms with van der Waals surface area (Å²) in [6, 6.07) is 16.9. The van der Waals surface area contributed by atoms with Crippen molar-refractivity contribution < 1.29 is 9.53 Å². The molecule has 4 rings (SSSR count). The third-order valence-electron chi connectivity index (χ3n) is 6.49. The third kappa shape index (κ3) is 6.01. The maximum atomic E-state index is 13.2. The summed E-state index contributed by atoms with van der Waals surface area (Å²) in [5.74, 6) is 1.62. The van der Waals surface area contributed by atoms with Crippen molar-refractivity contribution in [3.8, 4) is 0 Å². The molecule has 1 saturated carbocycles. The zero-order chi connectivity index (χ0) is 24.2. The predicted molar refractivity (Wildman–Crippen MR) is 139 cm³/mol. The van der Waals surface area contributed by atoms with Crippen LogP contribution in [0.3, 0.4) is 0 Å². The van der Waals surface area contributed by atoms with Gasteiger partial charge in [0.25, 0.3) is 5.91 Å². The lowest BCUT2D eigenvalue weighted by Crippen LogP contribution is -2.38. The number of ether oxygens (including phenoxy) is 1. The van der Waals surface area contributed by atoms with Gasteiger partial charge in [-0.1, -0.05) is 46.9 Å². The fourth-order valence-electron chi connectivity index (χ4n) is 4.02. The van der Waals surface area contributed by atoms with E-state index in [0.717, 1.165) is 18.4 Å². The molecule has 1 saturated heterocycles. The molecule has 7 nitrogen and oxygen atoms in total. The van der Waals surface area contributed by atoms with E-state index >= 15 is 0 Å². The molecule has 2 aliphatic rings. The Kier molecular flexibility index (Phi) is 7.00. The van der Waals surface area contributed by atoms with Crippen LogP contribution in [-0.4, -0.2) is 48.2 Å². The number of allylic oxidation sites excluding steroid dienone is 1. The van der Waals surface area contributed by atoms with Gasteiger partial charge in [0.05, 0.1) is 6.61 Å². The van der Waals surface area contributed by atoms with E-state index in [1.807, 2.05) is 59.5 Å². The van der Waals surface area contributed by atoms with Crippen LogP contribution in [0.25, 0.3) is 0 Å². The summed E-state index contributed by atoms with van der Waals surface area (Å²) in [6.45, 7) is 3.70. The second-order valence-electron chi connectivity index (χ2n) is 9.56. The van der Waals surface area contributed by atoms with Gasteiger partial charge in [-0.15, -0.1) is 0 Å². The summed E-state index contributed by atoms with van der Waals surface area (Å²) in [5.41, 5.74) is 8.87. The largest absolute Gasteiger partial charge is 0.486 e. The van der Waals surface area contributed by atoms with Crippen molar-refractivity contribution in [2.45, 2.75) is 25.5 Å². The molecule has 0 unspecified atom stereocenters. The van der Waals surface area contributed by atoms with Gasteiger partial charge in [-0.05, 0) is 42.7 Å². The Hall–Kier alpha value is -3.22. The second-order valence-corrected chi connectivity index (χ2v) is 12.7. The topological polar surface area (TPSA) is 115 Å². The van der Waals surface area contributed by atoms with Gasteiger partial charge in [-0.2, -0.15) is 0 Å². The monoisotopic (exact) mass is 479 g/mol. The minimum absolute atomic E-state index is 0.0925. The summed E-state index contributed by atoms with van der Waals surface area (Å²) in [4.78, 5) is 15.2. The van der Waals surface area contributed by atoms with Gasteiger partial charge >= 0.3 is 0 Å². The summed E-state index contributed by atoms with van der Waals surface area (Å²) >= 11 is 0. The number of carbonyl (C=O) groups is 1. The first-order valence-electron chi connectivity index (χ1n) is 11.6. The Morgan fingerprint density at radius 2 is 1.91 bits per heavy atom. The Morgan fingerprint density at radius 3 is 2.53 bits per heavy atom.